The first-order chi connectivity index (χ1) is 9.15. The number of halogens is 1. The molecule has 0 aliphatic rings. The van der Waals surface area contributed by atoms with Crippen molar-refractivity contribution in [2.75, 3.05) is 4.90 Å². The van der Waals surface area contributed by atoms with Gasteiger partial charge in [-0.05, 0) is 24.3 Å². The van der Waals surface area contributed by atoms with Gasteiger partial charge in [-0.25, -0.2) is 0 Å². The van der Waals surface area contributed by atoms with Crippen LogP contribution in [0, 0.1) is 5.41 Å². The van der Waals surface area contributed by atoms with E-state index in [1.165, 1.54) is 6.92 Å². The summed E-state index contributed by atoms with van der Waals surface area (Å²) in [6.07, 6.45) is -0.127. The maximum atomic E-state index is 12.3. The zero-order chi connectivity index (χ0) is 15.5. The molecule has 3 amide bonds. The van der Waals surface area contributed by atoms with E-state index in [1.54, 1.807) is 38.1 Å². The van der Waals surface area contributed by atoms with Crippen LogP contribution < -0.4 is 10.6 Å². The van der Waals surface area contributed by atoms with E-state index in [1.807, 2.05) is 0 Å². The van der Waals surface area contributed by atoms with Crippen LogP contribution in [0.5, 0.6) is 0 Å². The highest BCUT2D eigenvalue weighted by Crippen LogP contribution is 2.25. The first-order valence-electron chi connectivity index (χ1n) is 6.04. The van der Waals surface area contributed by atoms with Crippen molar-refractivity contribution in [2.45, 2.75) is 27.2 Å². The van der Waals surface area contributed by atoms with Crippen LogP contribution in [0.15, 0.2) is 28.7 Å². The van der Waals surface area contributed by atoms with Gasteiger partial charge in [-0.1, -0.05) is 29.8 Å². The van der Waals surface area contributed by atoms with Crippen LogP contribution in [-0.2, 0) is 14.4 Å². The van der Waals surface area contributed by atoms with E-state index in [0.29, 0.717) is 5.69 Å². The number of nitrogens with two attached hydrogens (primary N) is 1. The van der Waals surface area contributed by atoms with E-state index < -0.39 is 23.1 Å². The smallest absolute Gasteiger partial charge is 0.234 e. The molecule has 20 heavy (non-hydrogen) atoms. The molecule has 0 aliphatic heterocycles. The fourth-order valence-corrected chi connectivity index (χ4v) is 1.90. The molecule has 1 aromatic rings. The Morgan fingerprint density at radius 3 is 2.10 bits per heavy atom. The van der Waals surface area contributed by atoms with Crippen LogP contribution in [0.3, 0.4) is 0 Å². The zero-order valence-electron chi connectivity index (χ0n) is 11.6. The number of imide groups is 1. The molecule has 1 rings (SSSR count). The van der Waals surface area contributed by atoms with Crippen molar-refractivity contribution in [3.63, 3.8) is 0 Å². The Hall–Kier alpha value is -1.69. The second-order valence-corrected chi connectivity index (χ2v) is 6.07. The molecule has 0 saturated carbocycles. The first kappa shape index (κ1) is 16.4. The van der Waals surface area contributed by atoms with E-state index >= 15 is 0 Å². The lowest BCUT2D eigenvalue weighted by atomic mass is 9.88. The summed E-state index contributed by atoms with van der Waals surface area (Å²) in [4.78, 5) is 36.3. The van der Waals surface area contributed by atoms with E-state index in [9.17, 15) is 14.4 Å². The Labute approximate surface area is 126 Å². The van der Waals surface area contributed by atoms with Crippen molar-refractivity contribution < 1.29 is 14.4 Å². The van der Waals surface area contributed by atoms with Gasteiger partial charge in [0.25, 0.3) is 0 Å². The predicted octanol–water partition coefficient (Wildman–Crippen LogP) is 2.23. The minimum atomic E-state index is -1.000. The van der Waals surface area contributed by atoms with Crippen molar-refractivity contribution in [3.8, 4) is 0 Å². The van der Waals surface area contributed by atoms with E-state index in [0.717, 1.165) is 9.37 Å². The summed E-state index contributed by atoms with van der Waals surface area (Å²) in [5.74, 6) is -1.44. The number of anilines is 1. The van der Waals surface area contributed by atoms with Crippen molar-refractivity contribution in [1.29, 1.82) is 0 Å². The molecule has 0 aliphatic carbocycles. The second-order valence-electron chi connectivity index (χ2n) is 5.15. The van der Waals surface area contributed by atoms with Gasteiger partial charge in [-0.3, -0.25) is 19.3 Å². The van der Waals surface area contributed by atoms with Gasteiger partial charge < -0.3 is 5.73 Å². The number of nitrogens with zero attached hydrogens (tertiary/aromatic N) is 1. The molecule has 5 nitrogen and oxygen atoms in total. The van der Waals surface area contributed by atoms with Gasteiger partial charge in [0.1, 0.15) is 0 Å². The number of rotatable bonds is 4. The monoisotopic (exact) mass is 340 g/mol. The molecule has 0 fully saturated rings. The molecule has 0 saturated heterocycles. The third kappa shape index (κ3) is 3.90. The maximum absolute atomic E-state index is 12.3. The summed E-state index contributed by atoms with van der Waals surface area (Å²) >= 11 is 3.29. The van der Waals surface area contributed by atoms with E-state index in [-0.39, 0.29) is 6.42 Å². The normalized spacial score (nSPS) is 11.0. The van der Waals surface area contributed by atoms with Gasteiger partial charge in [0.05, 0.1) is 11.1 Å². The summed E-state index contributed by atoms with van der Waals surface area (Å²) in [7, 11) is 0. The van der Waals surface area contributed by atoms with Crippen LogP contribution in [0.4, 0.5) is 5.69 Å². The standard InChI is InChI=1S/C14H17BrN2O3/c1-9(18)17(11-6-4-10(15)5-7-11)12(19)8-14(2,3)13(16)20/h4-7H,8H2,1-3H3,(H2,16,20). The molecule has 1 aromatic carbocycles. The summed E-state index contributed by atoms with van der Waals surface area (Å²) < 4.78 is 0.842. The third-order valence-electron chi connectivity index (χ3n) is 2.91. The largest absolute Gasteiger partial charge is 0.369 e. The SMILES string of the molecule is CC(=O)N(C(=O)CC(C)(C)C(N)=O)c1ccc(Br)cc1. The zero-order valence-corrected chi connectivity index (χ0v) is 13.2. The number of amides is 3. The molecule has 0 atom stereocenters. The summed E-state index contributed by atoms with van der Waals surface area (Å²) in [5.41, 5.74) is 4.72. The number of carbonyl (C=O) groups excluding carboxylic acids is 3. The Morgan fingerprint density at radius 2 is 1.70 bits per heavy atom. The van der Waals surface area contributed by atoms with Gasteiger partial charge in [-0.2, -0.15) is 0 Å². The van der Waals surface area contributed by atoms with Crippen LogP contribution >= 0.6 is 15.9 Å². The molecule has 0 radical (unpaired) electrons. The number of primary amides is 1. The van der Waals surface area contributed by atoms with E-state index in [2.05, 4.69) is 15.9 Å². The average molecular weight is 341 g/mol. The summed E-state index contributed by atoms with van der Waals surface area (Å²) in [6.45, 7) is 4.46. The molecule has 108 valence electrons. The van der Waals surface area contributed by atoms with Crippen molar-refractivity contribution in [1.82, 2.24) is 0 Å². The quantitative estimate of drug-likeness (QED) is 0.912. The summed E-state index contributed by atoms with van der Waals surface area (Å²) in [6, 6.07) is 6.77. The maximum Gasteiger partial charge on any atom is 0.234 e. The molecular weight excluding hydrogens is 324 g/mol. The third-order valence-corrected chi connectivity index (χ3v) is 3.44. The molecule has 0 heterocycles. The molecule has 0 spiro atoms. The molecule has 0 bridgehead atoms. The summed E-state index contributed by atoms with van der Waals surface area (Å²) in [5, 5.41) is 0. The molecule has 0 unspecified atom stereocenters. The number of carbonyl (C=O) groups is 3. The Kier molecular flexibility index (Phi) is 5.05. The van der Waals surface area contributed by atoms with Crippen LogP contribution in [-0.4, -0.2) is 17.7 Å². The highest BCUT2D eigenvalue weighted by Gasteiger charge is 2.32. The minimum absolute atomic E-state index is 0.127. The van der Waals surface area contributed by atoms with Crippen LogP contribution in [0.25, 0.3) is 0 Å². The van der Waals surface area contributed by atoms with Crippen molar-refractivity contribution in [2.24, 2.45) is 11.1 Å². The topological polar surface area (TPSA) is 80.5 Å². The predicted molar refractivity (Wildman–Crippen MR) is 79.9 cm³/mol. The lowest BCUT2D eigenvalue weighted by molar-refractivity contribution is -0.133. The molecular formula is C14H17BrN2O3. The van der Waals surface area contributed by atoms with E-state index in [4.69, 9.17) is 5.73 Å². The van der Waals surface area contributed by atoms with Crippen LogP contribution in [0.1, 0.15) is 27.2 Å². The minimum Gasteiger partial charge on any atom is -0.369 e. The molecule has 6 heteroatoms. The molecule has 0 aromatic heterocycles. The van der Waals surface area contributed by atoms with Gasteiger partial charge in [-0.15, -0.1) is 0 Å². The van der Waals surface area contributed by atoms with Crippen molar-refractivity contribution >= 4 is 39.3 Å². The number of hydrogen-bond donors (Lipinski definition) is 1. The second kappa shape index (κ2) is 6.17. The average Bonchev–Trinajstić information content (AvgIpc) is 2.30. The number of hydrogen-bond acceptors (Lipinski definition) is 3. The van der Waals surface area contributed by atoms with Crippen molar-refractivity contribution in [3.05, 3.63) is 28.7 Å². The Morgan fingerprint density at radius 1 is 1.20 bits per heavy atom. The highest BCUT2D eigenvalue weighted by molar-refractivity contribution is 9.10. The van der Waals surface area contributed by atoms with Gasteiger partial charge >= 0.3 is 0 Å². The Bertz CT molecular complexity index is 538. The van der Waals surface area contributed by atoms with Crippen LogP contribution in [0.2, 0.25) is 0 Å². The Balaban J connectivity index is 3.03. The van der Waals surface area contributed by atoms with Gasteiger partial charge in [0.15, 0.2) is 0 Å². The fourth-order valence-electron chi connectivity index (χ4n) is 1.64. The van der Waals surface area contributed by atoms with Gasteiger partial charge in [0.2, 0.25) is 17.7 Å². The number of benzene rings is 1. The molecule has 2 N–H and O–H groups in total. The first-order valence-corrected chi connectivity index (χ1v) is 6.83. The highest BCUT2D eigenvalue weighted by atomic mass is 79.9. The lowest BCUT2D eigenvalue weighted by Crippen LogP contribution is -2.41. The fraction of sp³-hybridized carbons (Fsp3) is 0.357. The lowest BCUT2D eigenvalue weighted by Gasteiger charge is -2.25. The van der Waals surface area contributed by atoms with Gasteiger partial charge in [0, 0.05) is 17.8 Å².